The lowest BCUT2D eigenvalue weighted by Crippen LogP contribution is -2.21. The van der Waals surface area contributed by atoms with Crippen LogP contribution in [-0.4, -0.2) is 13.6 Å². The Morgan fingerprint density at radius 2 is 1.80 bits per heavy atom. The molecular weight excluding hydrogens is 204 g/mol. The summed E-state index contributed by atoms with van der Waals surface area (Å²) in [7, 11) is -1.79. The summed E-state index contributed by atoms with van der Waals surface area (Å²) < 4.78 is 35.1. The summed E-state index contributed by atoms with van der Waals surface area (Å²) in [5, 5.41) is 0. The van der Waals surface area contributed by atoms with Gasteiger partial charge in [-0.3, -0.25) is 0 Å². The molecule has 0 bridgehead atoms. The van der Waals surface area contributed by atoms with E-state index < -0.39 is 19.5 Å². The van der Waals surface area contributed by atoms with E-state index >= 15 is 0 Å². The number of rotatable bonds is 2. The fourth-order valence-electron chi connectivity index (χ4n) is 0.347. The third-order valence-electron chi connectivity index (χ3n) is 1.02. The molecule has 0 nitrogen and oxygen atoms in total. The van der Waals surface area contributed by atoms with E-state index in [0.29, 0.717) is 0 Å². The summed E-state index contributed by atoms with van der Waals surface area (Å²) >= 11 is 10.5. The van der Waals surface area contributed by atoms with Gasteiger partial charge in [0.15, 0.2) is 0 Å². The SMILES string of the molecule is CC(C[Si](Cl)Cl)C(F)(F)F. The van der Waals surface area contributed by atoms with Crippen molar-refractivity contribution in [3.05, 3.63) is 0 Å². The molecule has 0 aromatic heterocycles. The smallest absolute Gasteiger partial charge is 0.171 e. The minimum Gasteiger partial charge on any atom is -0.171 e. The molecule has 0 aliphatic carbocycles. The van der Waals surface area contributed by atoms with Gasteiger partial charge in [-0.15, -0.1) is 22.2 Å². The molecule has 0 spiro atoms. The van der Waals surface area contributed by atoms with Crippen molar-refractivity contribution in [2.24, 2.45) is 5.92 Å². The Bertz CT molecular complexity index is 103. The van der Waals surface area contributed by atoms with Crippen molar-refractivity contribution in [1.29, 1.82) is 0 Å². The summed E-state index contributed by atoms with van der Waals surface area (Å²) in [5.41, 5.74) is 0. The quantitative estimate of drug-likeness (QED) is 0.485. The van der Waals surface area contributed by atoms with E-state index in [-0.39, 0.29) is 6.04 Å². The molecule has 0 rings (SSSR count). The van der Waals surface area contributed by atoms with Crippen LogP contribution in [0.5, 0.6) is 0 Å². The van der Waals surface area contributed by atoms with E-state index in [1.165, 1.54) is 0 Å². The Morgan fingerprint density at radius 3 is 1.90 bits per heavy atom. The van der Waals surface area contributed by atoms with E-state index in [4.69, 9.17) is 22.2 Å². The highest BCUT2D eigenvalue weighted by atomic mass is 35.7. The summed E-state index contributed by atoms with van der Waals surface area (Å²) in [6, 6.07) is -0.142. The van der Waals surface area contributed by atoms with Crippen LogP contribution >= 0.6 is 22.2 Å². The molecule has 6 heteroatoms. The molecule has 1 unspecified atom stereocenters. The second-order valence-corrected chi connectivity index (χ2v) is 6.39. The molecular formula is C4H6Cl2F3Si. The first-order valence-corrected chi connectivity index (χ1v) is 6.30. The van der Waals surface area contributed by atoms with Crippen molar-refractivity contribution in [3.8, 4) is 0 Å². The van der Waals surface area contributed by atoms with Gasteiger partial charge in [-0.1, -0.05) is 6.92 Å². The molecule has 10 heavy (non-hydrogen) atoms. The average Bonchev–Trinajstić information content (AvgIpc) is 1.60. The number of halogens is 5. The summed E-state index contributed by atoms with van der Waals surface area (Å²) in [6.07, 6.45) is -4.15. The van der Waals surface area contributed by atoms with E-state index in [9.17, 15) is 13.2 Å². The highest BCUT2D eigenvalue weighted by Crippen LogP contribution is 2.30. The average molecular weight is 210 g/mol. The first kappa shape index (κ1) is 10.6. The van der Waals surface area contributed by atoms with Crippen LogP contribution in [0, 0.1) is 5.92 Å². The first-order chi connectivity index (χ1) is 4.34. The normalized spacial score (nSPS) is 15.9. The molecule has 0 aliphatic heterocycles. The molecule has 1 atom stereocenters. The molecule has 0 saturated heterocycles. The highest BCUT2D eigenvalue weighted by Gasteiger charge is 2.37. The highest BCUT2D eigenvalue weighted by molar-refractivity contribution is 7.33. The maximum Gasteiger partial charge on any atom is 0.391 e. The van der Waals surface area contributed by atoms with Gasteiger partial charge in [0.25, 0.3) is 7.42 Å². The van der Waals surface area contributed by atoms with Gasteiger partial charge in [0.05, 0.1) is 5.92 Å². The van der Waals surface area contributed by atoms with Gasteiger partial charge in [0, 0.05) is 0 Å². The lowest BCUT2D eigenvalue weighted by Gasteiger charge is -2.14. The molecule has 0 fully saturated rings. The fraction of sp³-hybridized carbons (Fsp3) is 1.00. The largest absolute Gasteiger partial charge is 0.391 e. The van der Waals surface area contributed by atoms with E-state index in [1.54, 1.807) is 0 Å². The second kappa shape index (κ2) is 3.83. The number of hydrogen-bond acceptors (Lipinski definition) is 0. The van der Waals surface area contributed by atoms with Gasteiger partial charge in [0.1, 0.15) is 0 Å². The lowest BCUT2D eigenvalue weighted by molar-refractivity contribution is -0.164. The van der Waals surface area contributed by atoms with Crippen LogP contribution in [0.2, 0.25) is 6.04 Å². The van der Waals surface area contributed by atoms with Crippen LogP contribution in [0.15, 0.2) is 0 Å². The van der Waals surface area contributed by atoms with E-state index in [0.717, 1.165) is 6.92 Å². The van der Waals surface area contributed by atoms with Crippen LogP contribution < -0.4 is 0 Å². The maximum absolute atomic E-state index is 11.7. The van der Waals surface area contributed by atoms with Gasteiger partial charge in [0.2, 0.25) is 0 Å². The van der Waals surface area contributed by atoms with Crippen LogP contribution in [0.25, 0.3) is 0 Å². The second-order valence-electron chi connectivity index (χ2n) is 1.99. The topological polar surface area (TPSA) is 0 Å². The molecule has 0 saturated carbocycles. The molecule has 0 heterocycles. The maximum atomic E-state index is 11.7. The summed E-state index contributed by atoms with van der Waals surface area (Å²) in [4.78, 5) is 0. The van der Waals surface area contributed by atoms with Crippen LogP contribution in [0.1, 0.15) is 6.92 Å². The summed E-state index contributed by atoms with van der Waals surface area (Å²) in [6.45, 7) is 1.08. The Balaban J connectivity index is 3.73. The predicted octanol–water partition coefficient (Wildman–Crippen LogP) is 3.15. The molecule has 0 aromatic rings. The Labute approximate surface area is 68.3 Å². The minimum atomic E-state index is -4.15. The zero-order valence-corrected chi connectivity index (χ0v) is 7.69. The van der Waals surface area contributed by atoms with Crippen molar-refractivity contribution in [1.82, 2.24) is 0 Å². The molecule has 0 N–H and O–H groups in total. The lowest BCUT2D eigenvalue weighted by atomic mass is 10.2. The van der Waals surface area contributed by atoms with Crippen molar-refractivity contribution in [2.75, 3.05) is 0 Å². The number of hydrogen-bond donors (Lipinski definition) is 0. The van der Waals surface area contributed by atoms with Crippen molar-refractivity contribution in [2.45, 2.75) is 19.1 Å². The Kier molecular flexibility index (Phi) is 4.05. The zero-order valence-electron chi connectivity index (χ0n) is 5.17. The third-order valence-corrected chi connectivity index (χ3v) is 2.87. The Hall–Kier alpha value is 0.587. The van der Waals surface area contributed by atoms with Crippen molar-refractivity contribution < 1.29 is 13.2 Å². The summed E-state index contributed by atoms with van der Waals surface area (Å²) in [5.74, 6) is -1.38. The Morgan fingerprint density at radius 1 is 1.40 bits per heavy atom. The minimum absolute atomic E-state index is 0.142. The standard InChI is InChI=1S/C4H6Cl2F3Si/c1-3(2-10(5)6)4(7,8)9/h3H,2H2,1H3. The van der Waals surface area contributed by atoms with Gasteiger partial charge >= 0.3 is 6.18 Å². The fourth-order valence-corrected chi connectivity index (χ4v) is 2.43. The van der Waals surface area contributed by atoms with Gasteiger partial charge in [-0.2, -0.15) is 13.2 Å². The molecule has 0 aromatic carbocycles. The van der Waals surface area contributed by atoms with Crippen LogP contribution in [0.4, 0.5) is 13.2 Å². The van der Waals surface area contributed by atoms with Gasteiger partial charge in [-0.05, 0) is 6.04 Å². The van der Waals surface area contributed by atoms with Crippen molar-refractivity contribution in [3.63, 3.8) is 0 Å². The van der Waals surface area contributed by atoms with Crippen LogP contribution in [0.3, 0.4) is 0 Å². The first-order valence-electron chi connectivity index (χ1n) is 2.57. The van der Waals surface area contributed by atoms with Gasteiger partial charge in [-0.25, -0.2) is 0 Å². The van der Waals surface area contributed by atoms with Crippen molar-refractivity contribution >= 4 is 29.6 Å². The third kappa shape index (κ3) is 4.41. The van der Waals surface area contributed by atoms with E-state index in [2.05, 4.69) is 0 Å². The number of alkyl halides is 3. The molecule has 0 aliphatic rings. The predicted molar refractivity (Wildman–Crippen MR) is 37.5 cm³/mol. The zero-order chi connectivity index (χ0) is 8.36. The van der Waals surface area contributed by atoms with E-state index in [1.807, 2.05) is 0 Å². The molecule has 61 valence electrons. The molecule has 1 radical (unpaired) electrons. The van der Waals surface area contributed by atoms with Gasteiger partial charge < -0.3 is 0 Å². The molecule has 0 amide bonds. The van der Waals surface area contributed by atoms with Crippen LogP contribution in [-0.2, 0) is 0 Å². The monoisotopic (exact) mass is 209 g/mol.